The SMILES string of the molecule is CC(=Nc1c(Nc2cccc(C(=O)N(C)C)c2O)c(O)n(C)c1O)C(C)C. The zero-order valence-corrected chi connectivity index (χ0v) is 16.4. The molecule has 0 aliphatic rings. The van der Waals surface area contributed by atoms with Crippen LogP contribution < -0.4 is 5.32 Å². The van der Waals surface area contributed by atoms with Crippen LogP contribution in [0.1, 0.15) is 31.1 Å². The number of aliphatic imine (C=N–C) groups is 1. The number of nitrogens with one attached hydrogen (secondary N) is 1. The number of hydrogen-bond donors (Lipinski definition) is 4. The molecule has 8 nitrogen and oxygen atoms in total. The van der Waals surface area contributed by atoms with Crippen LogP contribution in [0.3, 0.4) is 0 Å². The highest BCUT2D eigenvalue weighted by Gasteiger charge is 2.23. The Morgan fingerprint density at radius 1 is 1.19 bits per heavy atom. The molecule has 0 bridgehead atoms. The van der Waals surface area contributed by atoms with Crippen molar-refractivity contribution in [1.29, 1.82) is 0 Å². The fraction of sp³-hybridized carbons (Fsp3) is 0.368. The molecule has 27 heavy (non-hydrogen) atoms. The quantitative estimate of drug-likeness (QED) is 0.474. The molecule has 0 aliphatic heterocycles. The molecule has 0 saturated heterocycles. The Hall–Kier alpha value is -3.16. The number of rotatable bonds is 5. The van der Waals surface area contributed by atoms with Crippen molar-refractivity contribution in [3.8, 4) is 17.5 Å². The summed E-state index contributed by atoms with van der Waals surface area (Å²) in [6.45, 7) is 5.76. The minimum atomic E-state index is -0.356. The molecular formula is C19H26N4O4. The third kappa shape index (κ3) is 3.84. The second kappa shape index (κ2) is 7.61. The Balaban J connectivity index is 2.56. The van der Waals surface area contributed by atoms with Crippen LogP contribution in [0.4, 0.5) is 17.1 Å². The molecule has 4 N–H and O–H groups in total. The van der Waals surface area contributed by atoms with Crippen molar-refractivity contribution in [2.45, 2.75) is 20.8 Å². The van der Waals surface area contributed by atoms with E-state index in [1.54, 1.807) is 26.2 Å². The first-order valence-electron chi connectivity index (χ1n) is 8.52. The van der Waals surface area contributed by atoms with E-state index in [4.69, 9.17) is 0 Å². The number of para-hydroxylation sites is 1. The lowest BCUT2D eigenvalue weighted by Gasteiger charge is -2.15. The van der Waals surface area contributed by atoms with Crippen LogP contribution in [-0.2, 0) is 7.05 Å². The molecule has 0 fully saturated rings. The van der Waals surface area contributed by atoms with Crippen molar-refractivity contribution in [2.75, 3.05) is 19.4 Å². The monoisotopic (exact) mass is 374 g/mol. The number of phenols is 1. The van der Waals surface area contributed by atoms with Gasteiger partial charge < -0.3 is 25.5 Å². The van der Waals surface area contributed by atoms with Crippen LogP contribution in [0.5, 0.6) is 17.5 Å². The number of hydrogen-bond acceptors (Lipinski definition) is 6. The summed E-state index contributed by atoms with van der Waals surface area (Å²) in [7, 11) is 4.67. The molecule has 0 aliphatic carbocycles. The largest absolute Gasteiger partial charge is 0.505 e. The molecule has 0 saturated carbocycles. The molecule has 0 spiro atoms. The molecule has 2 rings (SSSR count). The lowest BCUT2D eigenvalue weighted by atomic mass is 10.1. The molecule has 1 aromatic heterocycles. The fourth-order valence-electron chi connectivity index (χ4n) is 2.36. The van der Waals surface area contributed by atoms with Crippen LogP contribution in [0.15, 0.2) is 23.2 Å². The van der Waals surface area contributed by atoms with Crippen LogP contribution in [0.2, 0.25) is 0 Å². The second-order valence-corrected chi connectivity index (χ2v) is 6.86. The number of nitrogens with zero attached hydrogens (tertiary/aromatic N) is 3. The maximum Gasteiger partial charge on any atom is 0.257 e. The summed E-state index contributed by atoms with van der Waals surface area (Å²) in [5, 5.41) is 34.1. The van der Waals surface area contributed by atoms with Gasteiger partial charge in [0.2, 0.25) is 11.8 Å². The number of carbonyl (C=O) groups excluding carboxylic acids is 1. The van der Waals surface area contributed by atoms with Crippen LogP contribution in [0.25, 0.3) is 0 Å². The van der Waals surface area contributed by atoms with Crippen molar-refractivity contribution in [2.24, 2.45) is 18.0 Å². The van der Waals surface area contributed by atoms with E-state index in [-0.39, 0.29) is 52.0 Å². The van der Waals surface area contributed by atoms with Crippen LogP contribution in [-0.4, -0.2) is 50.5 Å². The van der Waals surface area contributed by atoms with Gasteiger partial charge in [-0.3, -0.25) is 9.36 Å². The van der Waals surface area contributed by atoms with Gasteiger partial charge in [-0.2, -0.15) is 0 Å². The van der Waals surface area contributed by atoms with E-state index in [2.05, 4.69) is 10.3 Å². The lowest BCUT2D eigenvalue weighted by Crippen LogP contribution is -2.21. The highest BCUT2D eigenvalue weighted by atomic mass is 16.3. The second-order valence-electron chi connectivity index (χ2n) is 6.86. The first-order valence-corrected chi connectivity index (χ1v) is 8.52. The summed E-state index contributed by atoms with van der Waals surface area (Å²) in [6, 6.07) is 4.68. The van der Waals surface area contributed by atoms with Crippen molar-refractivity contribution in [3.05, 3.63) is 23.8 Å². The number of carbonyl (C=O) groups is 1. The summed E-state index contributed by atoms with van der Waals surface area (Å²) in [5.74, 6) is -0.921. The van der Waals surface area contributed by atoms with E-state index in [0.717, 1.165) is 5.71 Å². The van der Waals surface area contributed by atoms with Gasteiger partial charge in [0.1, 0.15) is 5.69 Å². The highest BCUT2D eigenvalue weighted by molar-refractivity contribution is 5.99. The van der Waals surface area contributed by atoms with E-state index in [1.807, 2.05) is 20.8 Å². The summed E-state index contributed by atoms with van der Waals surface area (Å²) in [4.78, 5) is 18.0. The Morgan fingerprint density at radius 3 is 2.37 bits per heavy atom. The molecule has 146 valence electrons. The average molecular weight is 374 g/mol. The van der Waals surface area contributed by atoms with Gasteiger partial charge in [0, 0.05) is 26.9 Å². The van der Waals surface area contributed by atoms with Gasteiger partial charge in [0.25, 0.3) is 5.91 Å². The predicted octanol–water partition coefficient (Wildman–Crippen LogP) is 3.34. The zero-order chi connectivity index (χ0) is 20.5. The molecule has 1 amide bonds. The summed E-state index contributed by atoms with van der Waals surface area (Å²) < 4.78 is 1.18. The van der Waals surface area contributed by atoms with E-state index in [0.29, 0.717) is 0 Å². The normalized spacial score (nSPS) is 11.7. The molecule has 0 atom stereocenters. The minimum Gasteiger partial charge on any atom is -0.505 e. The lowest BCUT2D eigenvalue weighted by molar-refractivity contribution is 0.0824. The van der Waals surface area contributed by atoms with Gasteiger partial charge in [-0.15, -0.1) is 0 Å². The molecule has 1 aromatic carbocycles. The molecule has 2 aromatic rings. The first-order chi connectivity index (χ1) is 12.6. The Morgan fingerprint density at radius 2 is 1.81 bits per heavy atom. The van der Waals surface area contributed by atoms with Crippen molar-refractivity contribution in [1.82, 2.24) is 9.47 Å². The fourth-order valence-corrected chi connectivity index (χ4v) is 2.36. The van der Waals surface area contributed by atoms with Gasteiger partial charge in [0.05, 0.1) is 11.3 Å². The predicted molar refractivity (Wildman–Crippen MR) is 106 cm³/mol. The Kier molecular flexibility index (Phi) is 5.68. The Labute approximate surface area is 158 Å². The summed E-state index contributed by atoms with van der Waals surface area (Å²) >= 11 is 0. The van der Waals surface area contributed by atoms with Gasteiger partial charge in [-0.05, 0) is 25.0 Å². The average Bonchev–Trinajstić information content (AvgIpc) is 2.80. The maximum atomic E-state index is 12.2. The van der Waals surface area contributed by atoms with Crippen molar-refractivity contribution < 1.29 is 20.1 Å². The number of aromatic hydroxyl groups is 3. The smallest absolute Gasteiger partial charge is 0.257 e. The van der Waals surface area contributed by atoms with Gasteiger partial charge in [-0.25, -0.2) is 4.99 Å². The first kappa shape index (κ1) is 20.2. The molecule has 0 radical (unpaired) electrons. The van der Waals surface area contributed by atoms with Crippen molar-refractivity contribution >= 4 is 28.7 Å². The number of amides is 1. The summed E-state index contributed by atoms with van der Waals surface area (Å²) in [5.41, 5.74) is 1.39. The third-order valence-electron chi connectivity index (χ3n) is 4.36. The van der Waals surface area contributed by atoms with E-state index in [1.165, 1.54) is 22.6 Å². The van der Waals surface area contributed by atoms with E-state index >= 15 is 0 Å². The number of anilines is 2. The van der Waals surface area contributed by atoms with Crippen LogP contribution in [0, 0.1) is 5.92 Å². The molecule has 0 unspecified atom stereocenters. The molecule has 1 heterocycles. The number of aromatic nitrogens is 1. The van der Waals surface area contributed by atoms with E-state index in [9.17, 15) is 20.1 Å². The van der Waals surface area contributed by atoms with Crippen molar-refractivity contribution in [3.63, 3.8) is 0 Å². The van der Waals surface area contributed by atoms with Gasteiger partial charge >= 0.3 is 0 Å². The highest BCUT2D eigenvalue weighted by Crippen LogP contribution is 2.47. The summed E-state index contributed by atoms with van der Waals surface area (Å²) in [6.07, 6.45) is 0. The number of benzene rings is 1. The molecule has 8 heteroatoms. The standard InChI is InChI=1S/C19H26N4O4/c1-10(2)11(3)20-14-15(19(27)23(6)18(14)26)21-13-9-7-8-12(16(13)24)17(25)22(4)5/h7-10,21,24,26-27H,1-6H3. The van der Waals surface area contributed by atoms with E-state index < -0.39 is 0 Å². The minimum absolute atomic E-state index is 0.119. The molecular weight excluding hydrogens is 348 g/mol. The third-order valence-corrected chi connectivity index (χ3v) is 4.36. The topological polar surface area (TPSA) is 110 Å². The van der Waals surface area contributed by atoms with Crippen LogP contribution >= 0.6 is 0 Å². The Bertz CT molecular complexity index is 898. The van der Waals surface area contributed by atoms with Gasteiger partial charge in [-0.1, -0.05) is 19.9 Å². The zero-order valence-electron chi connectivity index (χ0n) is 16.4. The maximum absolute atomic E-state index is 12.2. The van der Waals surface area contributed by atoms with Gasteiger partial charge in [0.15, 0.2) is 11.4 Å². The number of phenolic OH excluding ortho intramolecular Hbond substituents is 1.